The molecule has 0 radical (unpaired) electrons. The van der Waals surface area contributed by atoms with Crippen molar-refractivity contribution in [2.24, 2.45) is 0 Å². The summed E-state index contributed by atoms with van der Waals surface area (Å²) in [4.78, 5) is 15.6. The zero-order chi connectivity index (χ0) is 12.7. The number of likely N-dealkylation sites (tertiary alicyclic amines) is 1. The highest BCUT2D eigenvalue weighted by Crippen LogP contribution is 2.08. The Balaban J connectivity index is 2.01. The van der Waals surface area contributed by atoms with Gasteiger partial charge < -0.3 is 20.2 Å². The monoisotopic (exact) mass is 243 g/mol. The van der Waals surface area contributed by atoms with Crippen molar-refractivity contribution in [3.05, 3.63) is 0 Å². The van der Waals surface area contributed by atoms with Crippen LogP contribution in [0.3, 0.4) is 0 Å². The summed E-state index contributed by atoms with van der Waals surface area (Å²) in [5.74, 6) is 0.233. The third kappa shape index (κ3) is 6.00. The van der Waals surface area contributed by atoms with E-state index in [9.17, 15) is 9.90 Å². The topological polar surface area (TPSA) is 55.8 Å². The first-order chi connectivity index (χ1) is 8.09. The van der Waals surface area contributed by atoms with Crippen molar-refractivity contribution in [2.45, 2.75) is 25.4 Å². The lowest BCUT2D eigenvalue weighted by atomic mass is 10.3. The molecular weight excluding hydrogens is 218 g/mol. The lowest BCUT2D eigenvalue weighted by Gasteiger charge is -2.17. The van der Waals surface area contributed by atoms with Crippen LogP contribution < -0.4 is 5.32 Å². The summed E-state index contributed by atoms with van der Waals surface area (Å²) in [5.41, 5.74) is 0. The molecule has 2 N–H and O–H groups in total. The Kier molecular flexibility index (Phi) is 6.47. The lowest BCUT2D eigenvalue weighted by Crippen LogP contribution is -2.37. The molecule has 1 amide bonds. The zero-order valence-electron chi connectivity index (χ0n) is 11.0. The molecule has 1 saturated heterocycles. The first-order valence-electron chi connectivity index (χ1n) is 6.41. The molecule has 5 nitrogen and oxygen atoms in total. The van der Waals surface area contributed by atoms with E-state index >= 15 is 0 Å². The maximum atomic E-state index is 11.7. The lowest BCUT2D eigenvalue weighted by molar-refractivity contribution is -0.130. The van der Waals surface area contributed by atoms with Crippen molar-refractivity contribution in [1.29, 1.82) is 0 Å². The fourth-order valence-corrected chi connectivity index (χ4v) is 2.07. The first-order valence-corrected chi connectivity index (χ1v) is 6.41. The largest absolute Gasteiger partial charge is 0.390 e. The highest BCUT2D eigenvalue weighted by atomic mass is 16.3. The van der Waals surface area contributed by atoms with Gasteiger partial charge in [-0.05, 0) is 26.9 Å². The third-order valence-electron chi connectivity index (χ3n) is 2.93. The molecule has 1 fully saturated rings. The number of nitrogens with one attached hydrogen (secondary N) is 1. The van der Waals surface area contributed by atoms with Crippen LogP contribution in [0.2, 0.25) is 0 Å². The molecule has 0 saturated carbocycles. The number of carbonyl (C=O) groups is 1. The molecule has 5 heteroatoms. The second-order valence-electron chi connectivity index (χ2n) is 4.96. The first kappa shape index (κ1) is 14.4. The van der Waals surface area contributed by atoms with Gasteiger partial charge in [0, 0.05) is 39.1 Å². The summed E-state index contributed by atoms with van der Waals surface area (Å²) in [5, 5.41) is 12.7. The number of amides is 1. The van der Waals surface area contributed by atoms with Gasteiger partial charge in [0.15, 0.2) is 0 Å². The van der Waals surface area contributed by atoms with Crippen molar-refractivity contribution in [1.82, 2.24) is 15.1 Å². The summed E-state index contributed by atoms with van der Waals surface area (Å²) in [6.07, 6.45) is 2.45. The van der Waals surface area contributed by atoms with Gasteiger partial charge in [0.1, 0.15) is 0 Å². The van der Waals surface area contributed by atoms with E-state index in [1.807, 2.05) is 23.9 Å². The maximum absolute atomic E-state index is 11.7. The molecule has 0 spiro atoms. The molecule has 0 aromatic rings. The van der Waals surface area contributed by atoms with Gasteiger partial charge in [0.2, 0.25) is 5.91 Å². The quantitative estimate of drug-likeness (QED) is 0.593. The average molecular weight is 243 g/mol. The number of aliphatic hydroxyl groups is 1. The van der Waals surface area contributed by atoms with Crippen LogP contribution in [0.1, 0.15) is 19.3 Å². The summed E-state index contributed by atoms with van der Waals surface area (Å²) >= 11 is 0. The SMILES string of the molecule is CN(C)CC(O)CNCCC(=O)N1CCCC1. The number of likely N-dealkylation sites (N-methyl/N-ethyl adjacent to an activating group) is 1. The van der Waals surface area contributed by atoms with E-state index in [1.54, 1.807) is 0 Å². The van der Waals surface area contributed by atoms with Crippen LogP contribution in [0, 0.1) is 0 Å². The number of hydrogen-bond acceptors (Lipinski definition) is 4. The fourth-order valence-electron chi connectivity index (χ4n) is 2.07. The van der Waals surface area contributed by atoms with Gasteiger partial charge in [0.05, 0.1) is 6.10 Å². The number of rotatable bonds is 7. The minimum Gasteiger partial charge on any atom is -0.390 e. The van der Waals surface area contributed by atoms with Crippen LogP contribution in [0.5, 0.6) is 0 Å². The van der Waals surface area contributed by atoms with Crippen LogP contribution >= 0.6 is 0 Å². The Morgan fingerprint density at radius 2 is 2.06 bits per heavy atom. The van der Waals surface area contributed by atoms with Gasteiger partial charge in [0.25, 0.3) is 0 Å². The molecular formula is C12H25N3O2. The highest BCUT2D eigenvalue weighted by Gasteiger charge is 2.17. The molecule has 1 heterocycles. The third-order valence-corrected chi connectivity index (χ3v) is 2.93. The van der Waals surface area contributed by atoms with Crippen LogP contribution in [-0.2, 0) is 4.79 Å². The minimum absolute atomic E-state index is 0.233. The molecule has 0 aromatic heterocycles. The maximum Gasteiger partial charge on any atom is 0.223 e. The predicted octanol–water partition coefficient (Wildman–Crippen LogP) is -0.489. The van der Waals surface area contributed by atoms with Gasteiger partial charge in [-0.25, -0.2) is 0 Å². The molecule has 1 unspecified atom stereocenters. The second-order valence-corrected chi connectivity index (χ2v) is 4.96. The molecule has 1 aliphatic heterocycles. The number of hydrogen-bond donors (Lipinski definition) is 2. The van der Waals surface area contributed by atoms with E-state index in [-0.39, 0.29) is 12.0 Å². The number of aliphatic hydroxyl groups excluding tert-OH is 1. The van der Waals surface area contributed by atoms with Gasteiger partial charge >= 0.3 is 0 Å². The Morgan fingerprint density at radius 3 is 2.65 bits per heavy atom. The van der Waals surface area contributed by atoms with Gasteiger partial charge in [-0.1, -0.05) is 0 Å². The van der Waals surface area contributed by atoms with Crippen molar-refractivity contribution < 1.29 is 9.90 Å². The summed E-state index contributed by atoms with van der Waals surface area (Å²) in [6, 6.07) is 0. The van der Waals surface area contributed by atoms with E-state index in [0.29, 0.717) is 26.1 Å². The summed E-state index contributed by atoms with van der Waals surface area (Å²) < 4.78 is 0. The number of nitrogens with zero attached hydrogens (tertiary/aromatic N) is 2. The highest BCUT2D eigenvalue weighted by molar-refractivity contribution is 5.76. The minimum atomic E-state index is -0.369. The molecule has 0 aliphatic carbocycles. The van der Waals surface area contributed by atoms with E-state index < -0.39 is 0 Å². The second kappa shape index (κ2) is 7.63. The summed E-state index contributed by atoms with van der Waals surface area (Å²) in [6.45, 7) is 3.68. The van der Waals surface area contributed by atoms with Crippen molar-refractivity contribution in [3.8, 4) is 0 Å². The van der Waals surface area contributed by atoms with Crippen molar-refractivity contribution in [2.75, 3.05) is 46.8 Å². The van der Waals surface area contributed by atoms with Gasteiger partial charge in [-0.3, -0.25) is 4.79 Å². The average Bonchev–Trinajstić information content (AvgIpc) is 2.76. The van der Waals surface area contributed by atoms with Gasteiger partial charge in [-0.15, -0.1) is 0 Å². The normalized spacial score (nSPS) is 17.8. The van der Waals surface area contributed by atoms with Crippen LogP contribution in [-0.4, -0.2) is 73.7 Å². The van der Waals surface area contributed by atoms with Crippen molar-refractivity contribution in [3.63, 3.8) is 0 Å². The molecule has 100 valence electrons. The molecule has 0 aromatic carbocycles. The van der Waals surface area contributed by atoms with Crippen molar-refractivity contribution >= 4 is 5.91 Å². The molecule has 1 atom stereocenters. The van der Waals surface area contributed by atoms with Crippen LogP contribution in [0.15, 0.2) is 0 Å². The Morgan fingerprint density at radius 1 is 1.41 bits per heavy atom. The summed E-state index contributed by atoms with van der Waals surface area (Å²) in [7, 11) is 3.86. The van der Waals surface area contributed by atoms with E-state index in [4.69, 9.17) is 0 Å². The number of carbonyl (C=O) groups excluding carboxylic acids is 1. The Bertz CT molecular complexity index is 228. The van der Waals surface area contributed by atoms with Gasteiger partial charge in [-0.2, -0.15) is 0 Å². The van der Waals surface area contributed by atoms with E-state index in [2.05, 4.69) is 5.32 Å². The molecule has 17 heavy (non-hydrogen) atoms. The molecule has 1 rings (SSSR count). The standard InChI is InChI=1S/C12H25N3O2/c1-14(2)10-11(16)9-13-6-5-12(17)15-7-3-4-8-15/h11,13,16H,3-10H2,1-2H3. The van der Waals surface area contributed by atoms with Crippen LogP contribution in [0.4, 0.5) is 0 Å². The Labute approximate surface area is 104 Å². The van der Waals surface area contributed by atoms with Crippen LogP contribution in [0.25, 0.3) is 0 Å². The van der Waals surface area contributed by atoms with E-state index in [0.717, 1.165) is 25.9 Å². The Hall–Kier alpha value is -0.650. The smallest absolute Gasteiger partial charge is 0.223 e. The molecule has 0 bridgehead atoms. The molecule has 1 aliphatic rings. The zero-order valence-corrected chi connectivity index (χ0v) is 11.0. The fraction of sp³-hybridized carbons (Fsp3) is 0.917. The predicted molar refractivity (Wildman–Crippen MR) is 67.9 cm³/mol. The van der Waals surface area contributed by atoms with E-state index in [1.165, 1.54) is 0 Å².